The van der Waals surface area contributed by atoms with Gasteiger partial charge in [0.05, 0.1) is 0 Å². The van der Waals surface area contributed by atoms with Crippen LogP contribution in [0.1, 0.15) is 45.6 Å². The molecule has 2 nitrogen and oxygen atoms in total. The van der Waals surface area contributed by atoms with Gasteiger partial charge in [-0.2, -0.15) is 0 Å². The van der Waals surface area contributed by atoms with E-state index in [1.807, 2.05) is 0 Å². The monoisotopic (exact) mass is 246 g/mol. The minimum Gasteiger partial charge on any atom is -0.368 e. The highest BCUT2D eigenvalue weighted by molar-refractivity contribution is 5.50. The van der Waals surface area contributed by atoms with E-state index in [-0.39, 0.29) is 0 Å². The molecule has 0 aliphatic carbocycles. The molecule has 0 bridgehead atoms. The van der Waals surface area contributed by atoms with E-state index in [9.17, 15) is 0 Å². The fraction of sp³-hybridized carbons (Fsp3) is 0.625. The molecule has 1 heterocycles. The lowest BCUT2D eigenvalue weighted by molar-refractivity contribution is 0.315. The molecule has 100 valence electrons. The summed E-state index contributed by atoms with van der Waals surface area (Å²) in [5.41, 5.74) is 8.93. The lowest BCUT2D eigenvalue weighted by atomic mass is 9.87. The molecule has 0 amide bonds. The first kappa shape index (κ1) is 13.4. The van der Waals surface area contributed by atoms with Gasteiger partial charge in [0.25, 0.3) is 0 Å². The van der Waals surface area contributed by atoms with Gasteiger partial charge in [-0.25, -0.2) is 0 Å². The van der Waals surface area contributed by atoms with Crippen LogP contribution in [0.4, 0.5) is 5.69 Å². The van der Waals surface area contributed by atoms with Crippen LogP contribution in [0.2, 0.25) is 0 Å². The molecule has 3 unspecified atom stereocenters. The first-order valence-corrected chi connectivity index (χ1v) is 7.13. The molecule has 0 saturated carbocycles. The van der Waals surface area contributed by atoms with Crippen molar-refractivity contribution in [1.82, 2.24) is 0 Å². The second-order valence-electron chi connectivity index (χ2n) is 6.00. The largest absolute Gasteiger partial charge is 0.368 e. The highest BCUT2D eigenvalue weighted by Gasteiger charge is 2.30. The maximum atomic E-state index is 6.16. The Kier molecular flexibility index (Phi) is 3.96. The zero-order chi connectivity index (χ0) is 13.3. The van der Waals surface area contributed by atoms with Gasteiger partial charge in [0.1, 0.15) is 0 Å². The zero-order valence-electron chi connectivity index (χ0n) is 12.1. The third-order valence-corrected chi connectivity index (χ3v) is 4.50. The average molecular weight is 246 g/mol. The summed E-state index contributed by atoms with van der Waals surface area (Å²) in [6, 6.07) is 9.84. The Bertz CT molecular complexity index is 400. The van der Waals surface area contributed by atoms with E-state index < -0.39 is 0 Å². The first-order chi connectivity index (χ1) is 8.50. The smallest absolute Gasteiger partial charge is 0.0371 e. The van der Waals surface area contributed by atoms with Crippen LogP contribution in [0, 0.1) is 5.92 Å². The lowest BCUT2D eigenvalue weighted by Crippen LogP contribution is -2.51. The number of rotatable bonds is 2. The van der Waals surface area contributed by atoms with E-state index in [0.29, 0.717) is 23.9 Å². The van der Waals surface area contributed by atoms with Crippen LogP contribution in [-0.2, 0) is 0 Å². The molecule has 0 radical (unpaired) electrons. The first-order valence-electron chi connectivity index (χ1n) is 7.13. The van der Waals surface area contributed by atoms with Crippen molar-refractivity contribution in [2.45, 2.75) is 52.1 Å². The number of hydrogen-bond donors (Lipinski definition) is 1. The Morgan fingerprint density at radius 3 is 2.67 bits per heavy atom. The van der Waals surface area contributed by atoms with Gasteiger partial charge >= 0.3 is 0 Å². The number of hydrogen-bond acceptors (Lipinski definition) is 2. The highest BCUT2D eigenvalue weighted by atomic mass is 15.2. The van der Waals surface area contributed by atoms with Gasteiger partial charge in [0.15, 0.2) is 0 Å². The molecule has 3 atom stereocenters. The fourth-order valence-corrected chi connectivity index (χ4v) is 2.82. The summed E-state index contributed by atoms with van der Waals surface area (Å²) in [6.07, 6.45) is 1.09. The lowest BCUT2D eigenvalue weighted by Gasteiger charge is -2.43. The highest BCUT2D eigenvalue weighted by Crippen LogP contribution is 2.29. The second kappa shape index (κ2) is 5.31. The van der Waals surface area contributed by atoms with Crippen LogP contribution in [-0.4, -0.2) is 18.6 Å². The maximum Gasteiger partial charge on any atom is 0.0371 e. The van der Waals surface area contributed by atoms with Crippen molar-refractivity contribution < 1.29 is 0 Å². The van der Waals surface area contributed by atoms with Crippen LogP contribution >= 0.6 is 0 Å². The summed E-state index contributed by atoms with van der Waals surface area (Å²) < 4.78 is 0. The number of nitrogens with two attached hydrogens (primary N) is 1. The third-order valence-electron chi connectivity index (χ3n) is 4.50. The topological polar surface area (TPSA) is 29.3 Å². The number of nitrogens with zero attached hydrogens (tertiary/aromatic N) is 1. The van der Waals surface area contributed by atoms with E-state index >= 15 is 0 Å². The second-order valence-corrected chi connectivity index (χ2v) is 6.00. The van der Waals surface area contributed by atoms with Crippen molar-refractivity contribution in [3.63, 3.8) is 0 Å². The van der Waals surface area contributed by atoms with E-state index in [1.165, 1.54) is 11.3 Å². The van der Waals surface area contributed by atoms with Gasteiger partial charge in [-0.05, 0) is 42.9 Å². The van der Waals surface area contributed by atoms with Gasteiger partial charge in [0.2, 0.25) is 0 Å². The Labute approximate surface area is 111 Å². The summed E-state index contributed by atoms with van der Waals surface area (Å²) in [4.78, 5) is 2.51. The van der Waals surface area contributed by atoms with Gasteiger partial charge in [-0.1, -0.05) is 32.9 Å². The minimum atomic E-state index is 0.351. The zero-order valence-corrected chi connectivity index (χ0v) is 12.1. The summed E-state index contributed by atoms with van der Waals surface area (Å²) in [5.74, 6) is 1.14. The summed E-state index contributed by atoms with van der Waals surface area (Å²) in [5, 5.41) is 0. The molecule has 1 aromatic carbocycles. The van der Waals surface area contributed by atoms with Crippen LogP contribution < -0.4 is 10.6 Å². The molecule has 2 N–H and O–H groups in total. The number of anilines is 1. The molecular weight excluding hydrogens is 220 g/mol. The van der Waals surface area contributed by atoms with Gasteiger partial charge in [-0.15, -0.1) is 0 Å². The Morgan fingerprint density at radius 2 is 2.00 bits per heavy atom. The van der Waals surface area contributed by atoms with Crippen LogP contribution in [0.3, 0.4) is 0 Å². The molecule has 1 fully saturated rings. The molecule has 1 aliphatic heterocycles. The number of benzene rings is 1. The maximum absolute atomic E-state index is 6.16. The summed E-state index contributed by atoms with van der Waals surface area (Å²) >= 11 is 0. The van der Waals surface area contributed by atoms with Crippen molar-refractivity contribution in [3.05, 3.63) is 29.8 Å². The van der Waals surface area contributed by atoms with Crippen molar-refractivity contribution >= 4 is 5.69 Å². The van der Waals surface area contributed by atoms with Crippen molar-refractivity contribution in [2.75, 3.05) is 11.4 Å². The molecule has 1 aliphatic rings. The van der Waals surface area contributed by atoms with Crippen molar-refractivity contribution in [3.8, 4) is 0 Å². The molecule has 1 saturated heterocycles. The average Bonchev–Trinajstić information content (AvgIpc) is 2.36. The standard InChI is InChI=1S/C16H26N2/c1-11(2)14-6-5-7-15(10-14)18-9-8-16(17)12(3)13(18)4/h5-7,10-13,16H,8-9,17H2,1-4H3. The predicted molar refractivity (Wildman–Crippen MR) is 79.1 cm³/mol. The third kappa shape index (κ3) is 2.54. The Hall–Kier alpha value is -1.02. The van der Waals surface area contributed by atoms with E-state index in [4.69, 9.17) is 5.73 Å². The molecule has 2 rings (SSSR count). The molecule has 2 heteroatoms. The van der Waals surface area contributed by atoms with E-state index in [1.54, 1.807) is 0 Å². The fourth-order valence-electron chi connectivity index (χ4n) is 2.82. The Morgan fingerprint density at radius 1 is 1.28 bits per heavy atom. The van der Waals surface area contributed by atoms with E-state index in [2.05, 4.69) is 56.9 Å². The SMILES string of the molecule is CC(C)c1cccc(N2CCC(N)C(C)C2C)c1. The van der Waals surface area contributed by atoms with Gasteiger partial charge in [-0.3, -0.25) is 0 Å². The van der Waals surface area contributed by atoms with E-state index in [0.717, 1.165) is 13.0 Å². The summed E-state index contributed by atoms with van der Waals surface area (Å²) in [7, 11) is 0. The quantitative estimate of drug-likeness (QED) is 0.867. The van der Waals surface area contributed by atoms with Crippen LogP contribution in [0.5, 0.6) is 0 Å². The van der Waals surface area contributed by atoms with Crippen LogP contribution in [0.25, 0.3) is 0 Å². The minimum absolute atomic E-state index is 0.351. The molecule has 0 spiro atoms. The number of piperidine rings is 1. The van der Waals surface area contributed by atoms with Gasteiger partial charge < -0.3 is 10.6 Å². The van der Waals surface area contributed by atoms with Crippen molar-refractivity contribution in [1.29, 1.82) is 0 Å². The van der Waals surface area contributed by atoms with Gasteiger partial charge in [0, 0.05) is 24.3 Å². The van der Waals surface area contributed by atoms with Crippen LogP contribution in [0.15, 0.2) is 24.3 Å². The summed E-state index contributed by atoms with van der Waals surface area (Å²) in [6.45, 7) is 10.1. The molecule has 18 heavy (non-hydrogen) atoms. The van der Waals surface area contributed by atoms with Crippen molar-refractivity contribution in [2.24, 2.45) is 11.7 Å². The normalized spacial score (nSPS) is 28.8. The molecule has 0 aromatic heterocycles. The predicted octanol–water partition coefficient (Wildman–Crippen LogP) is 3.37. The molecule has 1 aromatic rings. The Balaban J connectivity index is 2.23. The molecular formula is C16H26N2.